The van der Waals surface area contributed by atoms with Gasteiger partial charge in [-0.2, -0.15) is 4.21 Å². The molecule has 0 spiro atoms. The summed E-state index contributed by atoms with van der Waals surface area (Å²) in [6.07, 6.45) is 0. The highest BCUT2D eigenvalue weighted by Gasteiger charge is 2.81. The number of rotatable bonds is 4. The molecular weight excluding hydrogens is 413 g/mol. The molecule has 0 aliphatic heterocycles. The van der Waals surface area contributed by atoms with E-state index < -0.39 is 31.4 Å². The Hall–Kier alpha value is 1.55. The molecule has 1 fully saturated rings. The summed E-state index contributed by atoms with van der Waals surface area (Å²) < 4.78 is 19.2. The van der Waals surface area contributed by atoms with Gasteiger partial charge in [-0.05, 0) is 5.92 Å². The normalized spacial score (nSPS) is 44.2. The molecule has 10 heteroatoms. The molecule has 2 bridgehead atoms. The Morgan fingerprint density at radius 1 is 1.15 bits per heavy atom. The number of halogens is 6. The fourth-order valence-corrected chi connectivity index (χ4v) is 6.28. The third kappa shape index (κ3) is 1.96. The van der Waals surface area contributed by atoms with Crippen molar-refractivity contribution in [2.24, 2.45) is 11.8 Å². The predicted molar refractivity (Wildman–Crippen MR) is 84.1 cm³/mol. The van der Waals surface area contributed by atoms with E-state index in [0.29, 0.717) is 0 Å². The Morgan fingerprint density at radius 2 is 1.65 bits per heavy atom. The van der Waals surface area contributed by atoms with Gasteiger partial charge in [0.15, 0.2) is 4.33 Å². The maximum atomic E-state index is 11.2. The Kier molecular flexibility index (Phi) is 4.98. The highest BCUT2D eigenvalue weighted by atomic mass is 35.5. The molecule has 116 valence electrons. The topological polar surface area (TPSA) is 35.5 Å². The summed E-state index contributed by atoms with van der Waals surface area (Å²) in [5, 5.41) is 0.230. The second-order valence-electron chi connectivity index (χ2n) is 4.68. The molecule has 20 heavy (non-hydrogen) atoms. The average molecular weight is 423 g/mol. The summed E-state index contributed by atoms with van der Waals surface area (Å²) in [6, 6.07) is 0. The fraction of sp³-hybridized carbons (Fsp3) is 0.800. The van der Waals surface area contributed by atoms with Crippen LogP contribution in [-0.4, -0.2) is 32.0 Å². The molecule has 5 atom stereocenters. The van der Waals surface area contributed by atoms with Gasteiger partial charge in [0.25, 0.3) is 0 Å². The van der Waals surface area contributed by atoms with E-state index in [1.54, 1.807) is 6.92 Å². The molecule has 3 nitrogen and oxygen atoms in total. The molecule has 3 unspecified atom stereocenters. The molecule has 0 heterocycles. The van der Waals surface area contributed by atoms with Crippen molar-refractivity contribution in [1.82, 2.24) is 0 Å². The van der Waals surface area contributed by atoms with Gasteiger partial charge in [-0.3, -0.25) is 8.37 Å². The van der Waals surface area contributed by atoms with Gasteiger partial charge in [0.2, 0.25) is 0 Å². The highest BCUT2D eigenvalue weighted by Crippen LogP contribution is 2.76. The van der Waals surface area contributed by atoms with Crippen LogP contribution in [0.25, 0.3) is 0 Å². The van der Waals surface area contributed by atoms with E-state index in [1.165, 1.54) is 7.11 Å². The molecule has 0 saturated heterocycles. The van der Waals surface area contributed by atoms with Gasteiger partial charge in [-0.15, -0.1) is 23.2 Å². The van der Waals surface area contributed by atoms with Crippen molar-refractivity contribution in [3.05, 3.63) is 10.1 Å². The van der Waals surface area contributed by atoms with Gasteiger partial charge >= 0.3 is 11.4 Å². The van der Waals surface area contributed by atoms with E-state index in [0.717, 1.165) is 0 Å². The summed E-state index contributed by atoms with van der Waals surface area (Å²) in [6.45, 7) is 1.74. The number of hydrogen-bond acceptors (Lipinski definition) is 3. The van der Waals surface area contributed by atoms with Gasteiger partial charge in [0, 0.05) is 5.92 Å². The molecule has 2 aliphatic rings. The van der Waals surface area contributed by atoms with E-state index in [4.69, 9.17) is 73.8 Å². The first-order valence-electron chi connectivity index (χ1n) is 5.48. The summed E-state index contributed by atoms with van der Waals surface area (Å²) >= 11 is 36.3. The SMILES string of the molecule is COS(=O)OCC1C(C)[C@]2(Cl)C(Cl)=C(Cl)[C@@]1(Cl)C2(Cl)Cl. The van der Waals surface area contributed by atoms with E-state index in [-0.39, 0.29) is 22.6 Å². The fourth-order valence-electron chi connectivity index (χ4n) is 2.80. The van der Waals surface area contributed by atoms with Gasteiger partial charge in [-0.25, -0.2) is 0 Å². The van der Waals surface area contributed by atoms with E-state index in [9.17, 15) is 4.21 Å². The van der Waals surface area contributed by atoms with Crippen LogP contribution in [0.4, 0.5) is 0 Å². The molecule has 0 radical (unpaired) electrons. The van der Waals surface area contributed by atoms with Crippen LogP contribution in [0, 0.1) is 11.8 Å². The lowest BCUT2D eigenvalue weighted by Gasteiger charge is -2.34. The number of hydrogen-bond donors (Lipinski definition) is 0. The van der Waals surface area contributed by atoms with Crippen LogP contribution < -0.4 is 0 Å². The average Bonchev–Trinajstić information content (AvgIpc) is 2.58. The third-order valence-electron chi connectivity index (χ3n) is 3.97. The number of alkyl halides is 4. The van der Waals surface area contributed by atoms with Gasteiger partial charge in [0.05, 0.1) is 23.8 Å². The molecule has 1 saturated carbocycles. The zero-order valence-electron chi connectivity index (χ0n) is 10.3. The maximum Gasteiger partial charge on any atom is 0.304 e. The molecule has 0 aromatic carbocycles. The van der Waals surface area contributed by atoms with Gasteiger partial charge < -0.3 is 0 Å². The van der Waals surface area contributed by atoms with Crippen LogP contribution in [0.2, 0.25) is 0 Å². The minimum Gasteiger partial charge on any atom is -0.272 e. The van der Waals surface area contributed by atoms with Gasteiger partial charge in [0.1, 0.15) is 9.75 Å². The monoisotopic (exact) mass is 420 g/mol. The van der Waals surface area contributed by atoms with E-state index in [1.807, 2.05) is 0 Å². The van der Waals surface area contributed by atoms with Crippen molar-refractivity contribution in [3.63, 3.8) is 0 Å². The molecule has 0 aromatic heterocycles. The molecular formula is C10H10Cl6O3S. The molecule has 0 N–H and O–H groups in total. The van der Waals surface area contributed by atoms with Crippen molar-refractivity contribution in [2.45, 2.75) is 21.0 Å². The predicted octanol–water partition coefficient (Wildman–Crippen LogP) is 4.33. The lowest BCUT2D eigenvalue weighted by molar-refractivity contribution is 0.192. The third-order valence-corrected chi connectivity index (χ3v) is 8.98. The Labute approximate surface area is 149 Å². The second-order valence-corrected chi connectivity index (χ2v) is 8.93. The van der Waals surface area contributed by atoms with Crippen LogP contribution in [0.3, 0.4) is 0 Å². The second kappa shape index (κ2) is 5.57. The first-order valence-corrected chi connectivity index (χ1v) is 8.74. The molecule has 2 aliphatic carbocycles. The molecule has 2 rings (SSSR count). The van der Waals surface area contributed by atoms with Crippen molar-refractivity contribution in [2.75, 3.05) is 13.7 Å². The largest absolute Gasteiger partial charge is 0.304 e. The summed E-state index contributed by atoms with van der Waals surface area (Å²) in [5.41, 5.74) is 0. The lowest BCUT2D eigenvalue weighted by Crippen LogP contribution is -2.45. The van der Waals surface area contributed by atoms with E-state index in [2.05, 4.69) is 4.18 Å². The Bertz CT molecular complexity index is 497. The van der Waals surface area contributed by atoms with Crippen LogP contribution in [-0.2, 0) is 19.7 Å². The minimum absolute atomic E-state index is 0.0405. The number of fused-ring (bicyclic) bond motifs is 2. The summed E-state index contributed by atoms with van der Waals surface area (Å²) in [7, 11) is 1.25. The van der Waals surface area contributed by atoms with Crippen molar-refractivity contribution < 1.29 is 12.6 Å². The van der Waals surface area contributed by atoms with Crippen LogP contribution in [0.1, 0.15) is 6.92 Å². The lowest BCUT2D eigenvalue weighted by atomic mass is 9.84. The van der Waals surface area contributed by atoms with Crippen molar-refractivity contribution >= 4 is 81.0 Å². The minimum atomic E-state index is -1.90. The summed E-state index contributed by atoms with van der Waals surface area (Å²) in [4.78, 5) is -2.73. The Morgan fingerprint density at radius 3 is 2.10 bits per heavy atom. The van der Waals surface area contributed by atoms with E-state index >= 15 is 0 Å². The first-order chi connectivity index (χ1) is 9.06. The van der Waals surface area contributed by atoms with Crippen LogP contribution >= 0.6 is 69.6 Å². The van der Waals surface area contributed by atoms with Crippen LogP contribution in [0.15, 0.2) is 10.1 Å². The number of allylic oxidation sites excluding steroid dienone is 2. The quantitative estimate of drug-likeness (QED) is 0.633. The zero-order valence-corrected chi connectivity index (χ0v) is 15.6. The maximum absolute atomic E-state index is 11.2. The molecule has 0 aromatic rings. The van der Waals surface area contributed by atoms with Crippen molar-refractivity contribution in [3.8, 4) is 0 Å². The highest BCUT2D eigenvalue weighted by molar-refractivity contribution is 7.75. The molecule has 0 amide bonds. The zero-order chi connectivity index (χ0) is 15.5. The van der Waals surface area contributed by atoms with Crippen molar-refractivity contribution in [1.29, 1.82) is 0 Å². The Balaban J connectivity index is 2.41. The first kappa shape index (κ1) is 17.9. The standard InChI is InChI=1S/C10H10Cl6O3S/c1-4-5(3-19-20(17)18-2)9(14)7(12)6(11)8(4,13)10(9,15)16/h4-5H,3H2,1-2H3/t4?,5?,8-,9+,20?/m0/s1. The smallest absolute Gasteiger partial charge is 0.272 e. The van der Waals surface area contributed by atoms with Crippen LogP contribution in [0.5, 0.6) is 0 Å². The summed E-state index contributed by atoms with van der Waals surface area (Å²) in [5.74, 6) is -0.828. The van der Waals surface area contributed by atoms with Gasteiger partial charge in [-0.1, -0.05) is 53.3 Å².